The van der Waals surface area contributed by atoms with Crippen LogP contribution in [-0.4, -0.2) is 53.3 Å². The standard InChI is InChI=1S/C18H29NO3S/c1-4-21-13-12-19-10-8-16(9-11-19)22-17-6-5-7-18(14-17)23(20)15(2)3/h5-7,14-16H,4,8-13H2,1-3H3. The molecule has 1 heterocycles. The third-order valence-corrected chi connectivity index (χ3v) is 5.63. The third kappa shape index (κ3) is 5.90. The van der Waals surface area contributed by atoms with E-state index in [2.05, 4.69) is 4.90 Å². The Morgan fingerprint density at radius 2 is 2.04 bits per heavy atom. The van der Waals surface area contributed by atoms with E-state index in [1.54, 1.807) is 0 Å². The van der Waals surface area contributed by atoms with Crippen LogP contribution < -0.4 is 4.74 Å². The predicted octanol–water partition coefficient (Wildman–Crippen LogP) is 3.08. The molecule has 0 spiro atoms. The van der Waals surface area contributed by atoms with Gasteiger partial charge in [-0.25, -0.2) is 0 Å². The molecule has 0 aromatic heterocycles. The van der Waals surface area contributed by atoms with Crippen molar-refractivity contribution in [3.05, 3.63) is 24.3 Å². The first kappa shape index (κ1) is 18.4. The van der Waals surface area contributed by atoms with Crippen LogP contribution in [0.5, 0.6) is 5.75 Å². The summed E-state index contributed by atoms with van der Waals surface area (Å²) in [6, 6.07) is 7.74. The highest BCUT2D eigenvalue weighted by Gasteiger charge is 2.20. The topological polar surface area (TPSA) is 38.8 Å². The molecular formula is C18H29NO3S. The number of hydrogen-bond donors (Lipinski definition) is 0. The van der Waals surface area contributed by atoms with E-state index >= 15 is 0 Å². The van der Waals surface area contributed by atoms with Gasteiger partial charge in [0.25, 0.3) is 0 Å². The van der Waals surface area contributed by atoms with Gasteiger partial charge in [0.1, 0.15) is 11.9 Å². The molecule has 1 saturated heterocycles. The Kier molecular flexibility index (Phi) is 7.53. The molecule has 1 unspecified atom stereocenters. The summed E-state index contributed by atoms with van der Waals surface area (Å²) in [5.41, 5.74) is 0. The Bertz CT molecular complexity index is 499. The number of benzene rings is 1. The number of hydrogen-bond acceptors (Lipinski definition) is 4. The molecule has 130 valence electrons. The Morgan fingerprint density at radius 1 is 1.30 bits per heavy atom. The van der Waals surface area contributed by atoms with Gasteiger partial charge in [0.05, 0.1) is 17.4 Å². The third-order valence-electron chi connectivity index (χ3n) is 4.06. The van der Waals surface area contributed by atoms with E-state index in [0.29, 0.717) is 0 Å². The molecule has 1 aromatic carbocycles. The lowest BCUT2D eigenvalue weighted by Gasteiger charge is -2.32. The van der Waals surface area contributed by atoms with E-state index < -0.39 is 10.8 Å². The van der Waals surface area contributed by atoms with E-state index in [1.165, 1.54) is 0 Å². The minimum absolute atomic E-state index is 0.124. The first-order valence-electron chi connectivity index (χ1n) is 8.57. The Labute approximate surface area is 142 Å². The fraction of sp³-hybridized carbons (Fsp3) is 0.667. The van der Waals surface area contributed by atoms with E-state index in [4.69, 9.17) is 9.47 Å². The van der Waals surface area contributed by atoms with Crippen molar-refractivity contribution in [2.45, 2.75) is 49.9 Å². The first-order valence-corrected chi connectivity index (χ1v) is 9.79. The van der Waals surface area contributed by atoms with E-state index in [1.807, 2.05) is 45.0 Å². The molecule has 23 heavy (non-hydrogen) atoms. The number of rotatable bonds is 8. The molecule has 1 aromatic rings. The zero-order chi connectivity index (χ0) is 16.7. The lowest BCUT2D eigenvalue weighted by molar-refractivity contribution is 0.0690. The molecule has 1 aliphatic heterocycles. The van der Waals surface area contributed by atoms with Crippen molar-refractivity contribution >= 4 is 10.8 Å². The molecule has 0 radical (unpaired) electrons. The molecule has 0 aliphatic carbocycles. The van der Waals surface area contributed by atoms with Crippen molar-refractivity contribution in [2.24, 2.45) is 0 Å². The second-order valence-electron chi connectivity index (χ2n) is 6.18. The van der Waals surface area contributed by atoms with Crippen LogP contribution in [0.15, 0.2) is 29.2 Å². The molecule has 1 aliphatic rings. The average Bonchev–Trinajstić information content (AvgIpc) is 2.56. The van der Waals surface area contributed by atoms with Crippen LogP contribution in [0, 0.1) is 0 Å². The lowest BCUT2D eigenvalue weighted by atomic mass is 10.1. The number of nitrogens with zero attached hydrogens (tertiary/aromatic N) is 1. The fourth-order valence-corrected chi connectivity index (χ4v) is 3.72. The Hall–Kier alpha value is -0.910. The van der Waals surface area contributed by atoms with Crippen molar-refractivity contribution in [2.75, 3.05) is 32.8 Å². The lowest BCUT2D eigenvalue weighted by Crippen LogP contribution is -2.39. The van der Waals surface area contributed by atoms with Crippen LogP contribution in [0.3, 0.4) is 0 Å². The van der Waals surface area contributed by atoms with Crippen molar-refractivity contribution < 1.29 is 13.7 Å². The zero-order valence-electron chi connectivity index (χ0n) is 14.5. The SMILES string of the molecule is CCOCCN1CCC(Oc2cccc(S(=O)C(C)C)c2)CC1. The van der Waals surface area contributed by atoms with Crippen molar-refractivity contribution in [1.82, 2.24) is 4.90 Å². The monoisotopic (exact) mass is 339 g/mol. The van der Waals surface area contributed by atoms with Gasteiger partial charge in [0, 0.05) is 36.4 Å². The van der Waals surface area contributed by atoms with Gasteiger partial charge in [0.2, 0.25) is 0 Å². The maximum atomic E-state index is 12.2. The smallest absolute Gasteiger partial charge is 0.120 e. The summed E-state index contributed by atoms with van der Waals surface area (Å²) in [6.45, 7) is 10.7. The molecule has 0 saturated carbocycles. The van der Waals surface area contributed by atoms with Crippen LogP contribution in [0.2, 0.25) is 0 Å². The molecule has 0 amide bonds. The number of piperidine rings is 1. The average molecular weight is 340 g/mol. The van der Waals surface area contributed by atoms with E-state index in [-0.39, 0.29) is 11.4 Å². The van der Waals surface area contributed by atoms with E-state index in [9.17, 15) is 4.21 Å². The van der Waals surface area contributed by atoms with Crippen LogP contribution in [0.1, 0.15) is 33.6 Å². The van der Waals surface area contributed by atoms with Crippen molar-refractivity contribution in [3.8, 4) is 5.75 Å². The highest BCUT2D eigenvalue weighted by Crippen LogP contribution is 2.22. The molecule has 4 nitrogen and oxygen atoms in total. The van der Waals surface area contributed by atoms with Gasteiger partial charge in [-0.05, 0) is 38.0 Å². The van der Waals surface area contributed by atoms with Crippen LogP contribution >= 0.6 is 0 Å². The minimum atomic E-state index is -0.965. The quantitative estimate of drug-likeness (QED) is 0.682. The van der Waals surface area contributed by atoms with Crippen LogP contribution in [0.25, 0.3) is 0 Å². The van der Waals surface area contributed by atoms with Gasteiger partial charge >= 0.3 is 0 Å². The molecule has 1 fully saturated rings. The number of ether oxygens (including phenoxy) is 2. The van der Waals surface area contributed by atoms with Crippen LogP contribution in [-0.2, 0) is 15.5 Å². The summed E-state index contributed by atoms with van der Waals surface area (Å²) in [4.78, 5) is 3.28. The zero-order valence-corrected chi connectivity index (χ0v) is 15.3. The highest BCUT2D eigenvalue weighted by atomic mass is 32.2. The molecule has 2 rings (SSSR count). The van der Waals surface area contributed by atoms with Gasteiger partial charge in [0.15, 0.2) is 0 Å². The van der Waals surface area contributed by atoms with Gasteiger partial charge in [-0.15, -0.1) is 0 Å². The van der Waals surface area contributed by atoms with Crippen LogP contribution in [0.4, 0.5) is 0 Å². The summed E-state index contributed by atoms with van der Waals surface area (Å²) in [5, 5.41) is 0.124. The summed E-state index contributed by atoms with van der Waals surface area (Å²) in [7, 11) is -0.965. The summed E-state index contributed by atoms with van der Waals surface area (Å²) in [6.07, 6.45) is 2.31. The first-order chi connectivity index (χ1) is 11.1. The minimum Gasteiger partial charge on any atom is -0.490 e. The van der Waals surface area contributed by atoms with E-state index in [0.717, 1.165) is 56.3 Å². The Morgan fingerprint density at radius 3 is 2.70 bits per heavy atom. The maximum absolute atomic E-state index is 12.2. The molecule has 0 N–H and O–H groups in total. The normalized spacial score (nSPS) is 18.3. The number of likely N-dealkylation sites (tertiary alicyclic amines) is 1. The Balaban J connectivity index is 1.82. The van der Waals surface area contributed by atoms with Crippen molar-refractivity contribution in [1.29, 1.82) is 0 Å². The van der Waals surface area contributed by atoms with Gasteiger partial charge < -0.3 is 14.4 Å². The summed E-state index contributed by atoms with van der Waals surface area (Å²) < 4.78 is 23.7. The molecular weight excluding hydrogens is 310 g/mol. The molecule has 1 atom stereocenters. The second kappa shape index (κ2) is 9.40. The van der Waals surface area contributed by atoms with Gasteiger partial charge in [-0.1, -0.05) is 19.9 Å². The summed E-state index contributed by atoms with van der Waals surface area (Å²) >= 11 is 0. The second-order valence-corrected chi connectivity index (χ2v) is 8.19. The summed E-state index contributed by atoms with van der Waals surface area (Å²) in [5.74, 6) is 0.837. The van der Waals surface area contributed by atoms with Gasteiger partial charge in [-0.2, -0.15) is 0 Å². The van der Waals surface area contributed by atoms with Gasteiger partial charge in [-0.3, -0.25) is 4.21 Å². The molecule has 5 heteroatoms. The predicted molar refractivity (Wildman–Crippen MR) is 94.6 cm³/mol. The maximum Gasteiger partial charge on any atom is 0.120 e. The van der Waals surface area contributed by atoms with Crippen molar-refractivity contribution in [3.63, 3.8) is 0 Å². The fourth-order valence-electron chi connectivity index (χ4n) is 2.73. The highest BCUT2D eigenvalue weighted by molar-refractivity contribution is 7.85. The molecule has 0 bridgehead atoms. The largest absolute Gasteiger partial charge is 0.490 e.